The van der Waals surface area contributed by atoms with E-state index in [4.69, 9.17) is 11.6 Å². The molecule has 2 heterocycles. The highest BCUT2D eigenvalue weighted by Gasteiger charge is 2.33. The summed E-state index contributed by atoms with van der Waals surface area (Å²) < 4.78 is 28.5. The van der Waals surface area contributed by atoms with E-state index in [1.54, 1.807) is 30.7 Å². The van der Waals surface area contributed by atoms with Crippen LogP contribution >= 0.6 is 11.6 Å². The Kier molecular flexibility index (Phi) is 7.03. The first-order valence-corrected chi connectivity index (χ1v) is 11.7. The van der Waals surface area contributed by atoms with Crippen LogP contribution in [0.3, 0.4) is 0 Å². The maximum atomic E-state index is 12.8. The standard InChI is InChI=1S/C20H26ClN5O4S/c1-13-4-5-17(16(21)10-13)24-18(27)11-22-20(28)15-6-8-26(9-7-15)31(29,30)19-12-25(3)14(2)23-19/h4-5,10,12,15H,6-9,11H2,1-3H3,(H,22,28)(H,24,27). The van der Waals surface area contributed by atoms with Gasteiger partial charge in [-0.05, 0) is 44.4 Å². The molecule has 0 saturated carbocycles. The third kappa shape index (κ3) is 5.44. The third-order valence-electron chi connectivity index (χ3n) is 5.34. The Hall–Kier alpha value is -2.43. The van der Waals surface area contributed by atoms with Crippen molar-refractivity contribution in [3.05, 3.63) is 40.8 Å². The van der Waals surface area contributed by atoms with Crippen LogP contribution in [0, 0.1) is 19.8 Å². The van der Waals surface area contributed by atoms with E-state index in [-0.39, 0.29) is 42.4 Å². The summed E-state index contributed by atoms with van der Waals surface area (Å²) in [5, 5.41) is 5.73. The molecule has 1 saturated heterocycles. The van der Waals surface area contributed by atoms with E-state index in [0.29, 0.717) is 29.4 Å². The SMILES string of the molecule is Cc1ccc(NC(=O)CNC(=O)C2CCN(S(=O)(=O)c3cn(C)c(C)n3)CC2)c(Cl)c1. The highest BCUT2D eigenvalue weighted by Crippen LogP contribution is 2.24. The Bertz CT molecular complexity index is 1070. The van der Waals surface area contributed by atoms with Crippen molar-refractivity contribution >= 4 is 39.1 Å². The Balaban J connectivity index is 1.49. The van der Waals surface area contributed by atoms with Gasteiger partial charge < -0.3 is 15.2 Å². The van der Waals surface area contributed by atoms with Crippen LogP contribution in [-0.4, -0.2) is 53.7 Å². The highest BCUT2D eigenvalue weighted by atomic mass is 35.5. The van der Waals surface area contributed by atoms with Gasteiger partial charge in [-0.15, -0.1) is 0 Å². The van der Waals surface area contributed by atoms with E-state index in [1.165, 1.54) is 10.5 Å². The van der Waals surface area contributed by atoms with Crippen LogP contribution in [0.2, 0.25) is 5.02 Å². The van der Waals surface area contributed by atoms with Gasteiger partial charge in [0.25, 0.3) is 10.0 Å². The number of carbonyl (C=O) groups is 2. The number of rotatable bonds is 6. The number of hydrogen-bond acceptors (Lipinski definition) is 5. The summed E-state index contributed by atoms with van der Waals surface area (Å²) >= 11 is 6.10. The van der Waals surface area contributed by atoms with Crippen molar-refractivity contribution < 1.29 is 18.0 Å². The first-order chi connectivity index (χ1) is 14.6. The number of imidazole rings is 1. The number of nitrogens with one attached hydrogen (secondary N) is 2. The topological polar surface area (TPSA) is 113 Å². The zero-order chi connectivity index (χ0) is 22.8. The van der Waals surface area contributed by atoms with E-state index in [1.807, 2.05) is 13.0 Å². The molecule has 9 nitrogen and oxygen atoms in total. The van der Waals surface area contributed by atoms with E-state index >= 15 is 0 Å². The first kappa shape index (κ1) is 23.2. The fourth-order valence-electron chi connectivity index (χ4n) is 3.37. The lowest BCUT2D eigenvalue weighted by atomic mass is 9.97. The zero-order valence-electron chi connectivity index (χ0n) is 17.7. The minimum Gasteiger partial charge on any atom is -0.347 e. The number of sulfonamides is 1. The lowest BCUT2D eigenvalue weighted by molar-refractivity contribution is -0.128. The molecule has 1 aromatic carbocycles. The number of aromatic nitrogens is 2. The monoisotopic (exact) mass is 467 g/mol. The average Bonchev–Trinajstić information content (AvgIpc) is 3.07. The molecule has 1 aromatic heterocycles. The summed E-state index contributed by atoms with van der Waals surface area (Å²) in [7, 11) is -1.95. The molecule has 0 aliphatic carbocycles. The molecule has 11 heteroatoms. The molecule has 0 unspecified atom stereocenters. The van der Waals surface area contributed by atoms with E-state index in [2.05, 4.69) is 15.6 Å². The maximum absolute atomic E-state index is 12.8. The highest BCUT2D eigenvalue weighted by molar-refractivity contribution is 7.89. The second-order valence-corrected chi connectivity index (χ2v) is 9.96. The molecule has 1 aliphatic heterocycles. The van der Waals surface area contributed by atoms with Gasteiger partial charge in [0, 0.05) is 32.3 Å². The fraction of sp³-hybridized carbons (Fsp3) is 0.450. The molecule has 0 bridgehead atoms. The summed E-state index contributed by atoms with van der Waals surface area (Å²) in [4.78, 5) is 28.7. The van der Waals surface area contributed by atoms with Gasteiger partial charge in [0.15, 0.2) is 5.03 Å². The molecule has 3 rings (SSSR count). The van der Waals surface area contributed by atoms with Gasteiger partial charge in [0.05, 0.1) is 17.3 Å². The van der Waals surface area contributed by atoms with Crippen LogP contribution in [0.15, 0.2) is 29.4 Å². The van der Waals surface area contributed by atoms with Crippen LogP contribution in [-0.2, 0) is 26.7 Å². The first-order valence-electron chi connectivity index (χ1n) is 9.91. The summed E-state index contributed by atoms with van der Waals surface area (Å²) in [6.07, 6.45) is 2.24. The maximum Gasteiger partial charge on any atom is 0.262 e. The number of piperidine rings is 1. The van der Waals surface area contributed by atoms with Gasteiger partial charge in [-0.1, -0.05) is 17.7 Å². The van der Waals surface area contributed by atoms with Gasteiger partial charge in [0.2, 0.25) is 11.8 Å². The molecule has 2 N–H and O–H groups in total. The van der Waals surface area contributed by atoms with Crippen molar-refractivity contribution in [2.75, 3.05) is 25.0 Å². The third-order valence-corrected chi connectivity index (χ3v) is 7.42. The predicted octanol–water partition coefficient (Wildman–Crippen LogP) is 1.85. The predicted molar refractivity (Wildman–Crippen MR) is 117 cm³/mol. The molecule has 168 valence electrons. The number of halogens is 1. The van der Waals surface area contributed by atoms with Crippen molar-refractivity contribution in [1.82, 2.24) is 19.2 Å². The Morgan fingerprint density at radius 1 is 1.23 bits per heavy atom. The molecular weight excluding hydrogens is 442 g/mol. The Morgan fingerprint density at radius 3 is 2.48 bits per heavy atom. The summed E-state index contributed by atoms with van der Waals surface area (Å²) in [6.45, 7) is 3.89. The number of aryl methyl sites for hydroxylation is 3. The molecule has 0 radical (unpaired) electrons. The quantitative estimate of drug-likeness (QED) is 0.673. The number of anilines is 1. The van der Waals surface area contributed by atoms with E-state index < -0.39 is 10.0 Å². The van der Waals surface area contributed by atoms with E-state index in [9.17, 15) is 18.0 Å². The van der Waals surface area contributed by atoms with Crippen molar-refractivity contribution in [2.24, 2.45) is 13.0 Å². The smallest absolute Gasteiger partial charge is 0.262 e. The molecule has 0 spiro atoms. The van der Waals surface area contributed by atoms with Crippen LogP contribution in [0.1, 0.15) is 24.2 Å². The largest absolute Gasteiger partial charge is 0.347 e. The number of benzene rings is 1. The number of carbonyl (C=O) groups excluding carboxylic acids is 2. The second kappa shape index (κ2) is 9.37. The van der Waals surface area contributed by atoms with Crippen LogP contribution in [0.4, 0.5) is 5.69 Å². The average molecular weight is 468 g/mol. The summed E-state index contributed by atoms with van der Waals surface area (Å²) in [5.74, 6) is -0.397. The van der Waals surface area contributed by atoms with Gasteiger partial charge in [-0.3, -0.25) is 9.59 Å². The van der Waals surface area contributed by atoms with Gasteiger partial charge >= 0.3 is 0 Å². The van der Waals surface area contributed by atoms with Crippen LogP contribution in [0.25, 0.3) is 0 Å². The van der Waals surface area contributed by atoms with Crippen molar-refractivity contribution in [2.45, 2.75) is 31.7 Å². The molecule has 2 aromatic rings. The fourth-order valence-corrected chi connectivity index (χ4v) is 5.15. The molecule has 1 fully saturated rings. The van der Waals surface area contributed by atoms with E-state index in [0.717, 1.165) is 5.56 Å². The molecule has 31 heavy (non-hydrogen) atoms. The second-order valence-electron chi connectivity index (χ2n) is 7.66. The number of amides is 2. The summed E-state index contributed by atoms with van der Waals surface area (Å²) in [6, 6.07) is 5.27. The normalized spacial score (nSPS) is 15.6. The van der Waals surface area contributed by atoms with Crippen LogP contribution in [0.5, 0.6) is 0 Å². The Labute approximate surface area is 186 Å². The molecule has 1 aliphatic rings. The minimum atomic E-state index is -3.69. The van der Waals surface area contributed by atoms with Gasteiger partial charge in [0.1, 0.15) is 5.82 Å². The summed E-state index contributed by atoms with van der Waals surface area (Å²) in [5.41, 5.74) is 1.46. The van der Waals surface area contributed by atoms with Crippen molar-refractivity contribution in [1.29, 1.82) is 0 Å². The van der Waals surface area contributed by atoms with Gasteiger partial charge in [-0.25, -0.2) is 13.4 Å². The zero-order valence-corrected chi connectivity index (χ0v) is 19.3. The minimum absolute atomic E-state index is 0.0156. The lowest BCUT2D eigenvalue weighted by Gasteiger charge is -2.29. The molecule has 0 atom stereocenters. The molecular formula is C20H26ClN5O4S. The number of hydrogen-bond donors (Lipinski definition) is 2. The van der Waals surface area contributed by atoms with Gasteiger partial charge in [-0.2, -0.15) is 4.31 Å². The van der Waals surface area contributed by atoms with Crippen molar-refractivity contribution in [3.63, 3.8) is 0 Å². The Morgan fingerprint density at radius 2 is 1.90 bits per heavy atom. The number of nitrogens with zero attached hydrogens (tertiary/aromatic N) is 3. The lowest BCUT2D eigenvalue weighted by Crippen LogP contribution is -2.44. The van der Waals surface area contributed by atoms with Crippen LogP contribution < -0.4 is 10.6 Å². The van der Waals surface area contributed by atoms with Crippen molar-refractivity contribution in [3.8, 4) is 0 Å². The molecule has 2 amide bonds.